The van der Waals surface area contributed by atoms with Crippen molar-refractivity contribution in [3.8, 4) is 11.3 Å². The zero-order chi connectivity index (χ0) is 11.7. The van der Waals surface area contributed by atoms with E-state index in [0.717, 1.165) is 24.3 Å². The molecule has 1 fully saturated rings. The molecule has 0 atom stereocenters. The summed E-state index contributed by atoms with van der Waals surface area (Å²) in [5.41, 5.74) is 8.76. The number of pyridine rings is 2. The third kappa shape index (κ3) is 1.93. The number of hydrogen-bond donors (Lipinski definition) is 1. The van der Waals surface area contributed by atoms with Crippen LogP contribution in [0.4, 0.5) is 11.5 Å². The molecule has 1 saturated heterocycles. The molecule has 3 rings (SSSR count). The van der Waals surface area contributed by atoms with Crippen LogP contribution in [0.25, 0.3) is 11.3 Å². The molecule has 1 aliphatic rings. The van der Waals surface area contributed by atoms with Crippen molar-refractivity contribution in [2.24, 2.45) is 0 Å². The van der Waals surface area contributed by atoms with Gasteiger partial charge in [-0.1, -0.05) is 0 Å². The Bertz CT molecular complexity index is 517. The van der Waals surface area contributed by atoms with Gasteiger partial charge in [0.15, 0.2) is 0 Å². The minimum atomic E-state index is 0.535. The summed E-state index contributed by atoms with van der Waals surface area (Å²) in [7, 11) is 0. The highest BCUT2D eigenvalue weighted by Gasteiger charge is 2.14. The largest absolute Gasteiger partial charge is 0.384 e. The lowest BCUT2D eigenvalue weighted by molar-refractivity contribution is 0.617. The van der Waals surface area contributed by atoms with Crippen LogP contribution in [0.1, 0.15) is 6.42 Å². The van der Waals surface area contributed by atoms with Crippen LogP contribution in [0, 0.1) is 0 Å². The predicted molar refractivity (Wildman–Crippen MR) is 68.7 cm³/mol. The number of nitrogen functional groups attached to an aromatic ring is 1. The van der Waals surface area contributed by atoms with E-state index in [1.165, 1.54) is 12.1 Å². The first-order valence-corrected chi connectivity index (χ1v) is 5.76. The fraction of sp³-hybridized carbons (Fsp3) is 0.231. The lowest BCUT2D eigenvalue weighted by Crippen LogP contribution is -2.36. The van der Waals surface area contributed by atoms with Crippen LogP contribution in [0.15, 0.2) is 36.7 Å². The van der Waals surface area contributed by atoms with E-state index in [9.17, 15) is 0 Å². The molecule has 0 aromatic carbocycles. The lowest BCUT2D eigenvalue weighted by atomic mass is 10.1. The Morgan fingerprint density at radius 3 is 2.65 bits per heavy atom. The van der Waals surface area contributed by atoms with Gasteiger partial charge in [0.05, 0.1) is 5.69 Å². The highest BCUT2D eigenvalue weighted by atomic mass is 15.2. The van der Waals surface area contributed by atoms with Crippen molar-refractivity contribution in [3.05, 3.63) is 36.7 Å². The van der Waals surface area contributed by atoms with Crippen molar-refractivity contribution in [1.82, 2.24) is 9.97 Å². The van der Waals surface area contributed by atoms with Gasteiger partial charge in [-0.2, -0.15) is 0 Å². The molecule has 0 amide bonds. The summed E-state index contributed by atoms with van der Waals surface area (Å²) < 4.78 is 0. The van der Waals surface area contributed by atoms with Gasteiger partial charge in [0, 0.05) is 36.7 Å². The SMILES string of the molecule is Nc1ccc(-c2cc(N3CCC3)ccn2)cn1. The van der Waals surface area contributed by atoms with Gasteiger partial charge in [-0.15, -0.1) is 0 Å². The van der Waals surface area contributed by atoms with Crippen molar-refractivity contribution >= 4 is 11.5 Å². The van der Waals surface area contributed by atoms with Crippen LogP contribution >= 0.6 is 0 Å². The second-order valence-corrected chi connectivity index (χ2v) is 4.21. The van der Waals surface area contributed by atoms with Crippen LogP contribution in [-0.4, -0.2) is 23.1 Å². The van der Waals surface area contributed by atoms with E-state index in [1.807, 2.05) is 18.3 Å². The first-order chi connectivity index (χ1) is 8.33. The summed E-state index contributed by atoms with van der Waals surface area (Å²) in [4.78, 5) is 10.8. The van der Waals surface area contributed by atoms with E-state index < -0.39 is 0 Å². The molecule has 1 aliphatic heterocycles. The molecule has 0 spiro atoms. The number of anilines is 2. The zero-order valence-corrected chi connectivity index (χ0v) is 9.50. The summed E-state index contributed by atoms with van der Waals surface area (Å²) in [6.07, 6.45) is 4.89. The van der Waals surface area contributed by atoms with E-state index in [2.05, 4.69) is 20.9 Å². The van der Waals surface area contributed by atoms with Crippen molar-refractivity contribution in [2.75, 3.05) is 23.7 Å². The molecule has 0 bridgehead atoms. The summed E-state index contributed by atoms with van der Waals surface area (Å²) >= 11 is 0. The number of aromatic nitrogens is 2. The van der Waals surface area contributed by atoms with Gasteiger partial charge in [0.25, 0.3) is 0 Å². The molecular formula is C13H14N4. The van der Waals surface area contributed by atoms with Crippen LogP contribution in [0.5, 0.6) is 0 Å². The van der Waals surface area contributed by atoms with Gasteiger partial charge >= 0.3 is 0 Å². The topological polar surface area (TPSA) is 55.0 Å². The monoisotopic (exact) mass is 226 g/mol. The van der Waals surface area contributed by atoms with Crippen molar-refractivity contribution in [2.45, 2.75) is 6.42 Å². The van der Waals surface area contributed by atoms with Gasteiger partial charge in [-0.3, -0.25) is 4.98 Å². The molecule has 17 heavy (non-hydrogen) atoms. The molecule has 0 unspecified atom stereocenters. The molecule has 0 radical (unpaired) electrons. The summed E-state index contributed by atoms with van der Waals surface area (Å²) in [5, 5.41) is 0. The molecule has 2 aromatic rings. The van der Waals surface area contributed by atoms with Crippen LogP contribution in [0.2, 0.25) is 0 Å². The standard InChI is InChI=1S/C13H14N4/c14-13-3-2-10(9-16-13)12-8-11(4-5-15-12)17-6-1-7-17/h2-5,8-9H,1,6-7H2,(H2,14,16). The predicted octanol–water partition coefficient (Wildman–Crippen LogP) is 1.94. The van der Waals surface area contributed by atoms with Gasteiger partial charge < -0.3 is 10.6 Å². The third-order valence-electron chi connectivity index (χ3n) is 3.05. The fourth-order valence-corrected chi connectivity index (χ4v) is 1.91. The highest BCUT2D eigenvalue weighted by molar-refractivity contribution is 5.64. The smallest absolute Gasteiger partial charge is 0.123 e. The summed E-state index contributed by atoms with van der Waals surface area (Å²) in [5.74, 6) is 0.535. The van der Waals surface area contributed by atoms with Gasteiger partial charge in [-0.05, 0) is 30.7 Å². The molecule has 0 saturated carbocycles. The van der Waals surface area contributed by atoms with E-state index in [1.54, 1.807) is 12.3 Å². The van der Waals surface area contributed by atoms with E-state index in [-0.39, 0.29) is 0 Å². The maximum absolute atomic E-state index is 5.57. The number of rotatable bonds is 2. The van der Waals surface area contributed by atoms with Crippen molar-refractivity contribution in [1.29, 1.82) is 0 Å². The second-order valence-electron chi connectivity index (χ2n) is 4.21. The summed E-state index contributed by atoms with van der Waals surface area (Å²) in [6, 6.07) is 7.90. The number of nitrogens with zero attached hydrogens (tertiary/aromatic N) is 3. The maximum atomic E-state index is 5.57. The average molecular weight is 226 g/mol. The van der Waals surface area contributed by atoms with Crippen LogP contribution < -0.4 is 10.6 Å². The Kier molecular flexibility index (Phi) is 2.40. The molecule has 86 valence electrons. The molecule has 2 N–H and O–H groups in total. The highest BCUT2D eigenvalue weighted by Crippen LogP contribution is 2.25. The quantitative estimate of drug-likeness (QED) is 0.850. The molecule has 3 heterocycles. The van der Waals surface area contributed by atoms with E-state index >= 15 is 0 Å². The molecule has 4 nitrogen and oxygen atoms in total. The van der Waals surface area contributed by atoms with Gasteiger partial charge in [0.1, 0.15) is 5.82 Å². The Hall–Kier alpha value is -2.10. The normalized spacial score (nSPS) is 14.5. The summed E-state index contributed by atoms with van der Waals surface area (Å²) in [6.45, 7) is 2.28. The zero-order valence-electron chi connectivity index (χ0n) is 9.50. The van der Waals surface area contributed by atoms with E-state index in [4.69, 9.17) is 5.73 Å². The van der Waals surface area contributed by atoms with Gasteiger partial charge in [-0.25, -0.2) is 4.98 Å². The van der Waals surface area contributed by atoms with Crippen LogP contribution in [-0.2, 0) is 0 Å². The molecule has 0 aliphatic carbocycles. The lowest BCUT2D eigenvalue weighted by Gasteiger charge is -2.33. The Labute approximate surface area is 100 Å². The van der Waals surface area contributed by atoms with Crippen molar-refractivity contribution in [3.63, 3.8) is 0 Å². The average Bonchev–Trinajstić information content (AvgIpc) is 2.28. The van der Waals surface area contributed by atoms with Crippen molar-refractivity contribution < 1.29 is 0 Å². The molecular weight excluding hydrogens is 212 g/mol. The minimum absolute atomic E-state index is 0.535. The van der Waals surface area contributed by atoms with Crippen LogP contribution in [0.3, 0.4) is 0 Å². The first-order valence-electron chi connectivity index (χ1n) is 5.76. The third-order valence-corrected chi connectivity index (χ3v) is 3.05. The number of nitrogens with two attached hydrogens (primary N) is 1. The number of hydrogen-bond acceptors (Lipinski definition) is 4. The minimum Gasteiger partial charge on any atom is -0.384 e. The molecule has 2 aromatic heterocycles. The first kappa shape index (κ1) is 10.1. The van der Waals surface area contributed by atoms with Gasteiger partial charge in [0.2, 0.25) is 0 Å². The maximum Gasteiger partial charge on any atom is 0.123 e. The molecule has 4 heteroatoms. The van der Waals surface area contributed by atoms with E-state index in [0.29, 0.717) is 5.82 Å². The fourth-order valence-electron chi connectivity index (χ4n) is 1.91. The second kappa shape index (κ2) is 4.05. The Balaban J connectivity index is 1.94. The Morgan fingerprint density at radius 2 is 2.00 bits per heavy atom. The Morgan fingerprint density at radius 1 is 1.12 bits per heavy atom.